The largest absolute Gasteiger partial charge is 0.459 e. The van der Waals surface area contributed by atoms with Crippen molar-refractivity contribution in [3.8, 4) is 0 Å². The van der Waals surface area contributed by atoms with E-state index in [4.69, 9.17) is 0 Å². The first-order valence-corrected chi connectivity index (χ1v) is 4.02. The molecule has 1 aliphatic heterocycles. The second kappa shape index (κ2) is 3.62. The zero-order chi connectivity index (χ0) is 9.19. The second-order valence-electron chi connectivity index (χ2n) is 3.08. The first kappa shape index (κ1) is 9.80. The molecule has 1 atom stereocenters. The number of alkyl halides is 3. The van der Waals surface area contributed by atoms with Gasteiger partial charge in [-0.15, -0.1) is 0 Å². The molecule has 1 rings (SSSR count). The number of nitrogens with zero attached hydrogens (tertiary/aromatic N) is 1. The van der Waals surface area contributed by atoms with Crippen molar-refractivity contribution in [2.45, 2.75) is 25.2 Å². The zero-order valence-electron chi connectivity index (χ0n) is 6.99. The van der Waals surface area contributed by atoms with Gasteiger partial charge in [0.1, 0.15) is 0 Å². The molecule has 0 aromatic rings. The Labute approximate surface area is 69.7 Å². The standard InChI is InChI=1S/C7H13F3N2/c1-12(7(8,9)10)6-3-2-4-11-5-6/h6,11H,2-5H2,1H3/t6-/m0/s1. The average molecular weight is 182 g/mol. The predicted molar refractivity (Wildman–Crippen MR) is 39.7 cm³/mol. The highest BCUT2D eigenvalue weighted by Gasteiger charge is 2.38. The summed E-state index contributed by atoms with van der Waals surface area (Å²) >= 11 is 0. The Bertz CT molecular complexity index is 140. The Balaban J connectivity index is 2.45. The minimum absolute atomic E-state index is 0.390. The van der Waals surface area contributed by atoms with Crippen molar-refractivity contribution in [2.75, 3.05) is 20.1 Å². The molecule has 2 nitrogen and oxygen atoms in total. The zero-order valence-corrected chi connectivity index (χ0v) is 6.99. The van der Waals surface area contributed by atoms with Crippen LogP contribution in [0.25, 0.3) is 0 Å². The van der Waals surface area contributed by atoms with Gasteiger partial charge in [0.15, 0.2) is 0 Å². The summed E-state index contributed by atoms with van der Waals surface area (Å²) in [5.74, 6) is 0. The van der Waals surface area contributed by atoms with Gasteiger partial charge in [-0.3, -0.25) is 0 Å². The third-order valence-electron chi connectivity index (χ3n) is 2.22. The van der Waals surface area contributed by atoms with Crippen LogP contribution < -0.4 is 5.32 Å². The lowest BCUT2D eigenvalue weighted by atomic mass is 10.1. The maximum atomic E-state index is 12.1. The number of rotatable bonds is 1. The predicted octanol–water partition coefficient (Wildman–Crippen LogP) is 1.19. The number of likely N-dealkylation sites (N-methyl/N-ethyl adjacent to an activating group) is 1. The van der Waals surface area contributed by atoms with Crippen LogP contribution in [0.2, 0.25) is 0 Å². The number of halogens is 3. The molecule has 0 unspecified atom stereocenters. The molecule has 1 saturated heterocycles. The van der Waals surface area contributed by atoms with Gasteiger partial charge in [0.25, 0.3) is 0 Å². The van der Waals surface area contributed by atoms with Crippen molar-refractivity contribution in [2.24, 2.45) is 0 Å². The lowest BCUT2D eigenvalue weighted by Crippen LogP contribution is -2.49. The summed E-state index contributed by atoms with van der Waals surface area (Å²) in [6.07, 6.45) is -2.74. The number of piperidine rings is 1. The fraction of sp³-hybridized carbons (Fsp3) is 1.00. The van der Waals surface area contributed by atoms with Gasteiger partial charge in [-0.2, -0.15) is 13.2 Å². The summed E-state index contributed by atoms with van der Waals surface area (Å²) in [4.78, 5) is 0.485. The average Bonchev–Trinajstić information content (AvgIpc) is 2.03. The quantitative estimate of drug-likeness (QED) is 0.613. The molecule has 0 spiro atoms. The van der Waals surface area contributed by atoms with Gasteiger partial charge >= 0.3 is 6.30 Å². The highest BCUT2D eigenvalue weighted by molar-refractivity contribution is 4.77. The van der Waals surface area contributed by atoms with Crippen molar-refractivity contribution in [3.63, 3.8) is 0 Å². The monoisotopic (exact) mass is 182 g/mol. The molecule has 72 valence electrons. The van der Waals surface area contributed by atoms with Crippen LogP contribution in [-0.2, 0) is 0 Å². The Kier molecular flexibility index (Phi) is 2.95. The van der Waals surface area contributed by atoms with Gasteiger partial charge in [-0.05, 0) is 26.4 Å². The molecule has 1 N–H and O–H groups in total. The van der Waals surface area contributed by atoms with Crippen LogP contribution in [0, 0.1) is 0 Å². The third kappa shape index (κ3) is 2.35. The van der Waals surface area contributed by atoms with Crippen molar-refractivity contribution in [1.82, 2.24) is 10.2 Å². The summed E-state index contributed by atoms with van der Waals surface area (Å²) in [7, 11) is 1.11. The maximum Gasteiger partial charge on any atom is 0.459 e. The van der Waals surface area contributed by atoms with Crippen LogP contribution >= 0.6 is 0 Å². The van der Waals surface area contributed by atoms with Gasteiger partial charge in [0, 0.05) is 12.6 Å². The molecule has 0 aromatic heterocycles. The first-order valence-electron chi connectivity index (χ1n) is 4.02. The second-order valence-corrected chi connectivity index (χ2v) is 3.08. The fourth-order valence-electron chi connectivity index (χ4n) is 1.37. The topological polar surface area (TPSA) is 15.3 Å². The molecular formula is C7H13F3N2. The molecule has 0 aliphatic carbocycles. The van der Waals surface area contributed by atoms with Gasteiger partial charge in [-0.1, -0.05) is 0 Å². The van der Waals surface area contributed by atoms with E-state index in [1.165, 1.54) is 0 Å². The summed E-state index contributed by atoms with van der Waals surface area (Å²) in [5, 5.41) is 2.95. The van der Waals surface area contributed by atoms with E-state index >= 15 is 0 Å². The lowest BCUT2D eigenvalue weighted by molar-refractivity contribution is -0.250. The van der Waals surface area contributed by atoms with Crippen LogP contribution in [0.3, 0.4) is 0 Å². The molecule has 0 amide bonds. The molecule has 1 fully saturated rings. The molecule has 1 heterocycles. The van der Waals surface area contributed by atoms with Gasteiger partial charge in [0.2, 0.25) is 0 Å². The number of nitrogens with one attached hydrogen (secondary N) is 1. The Morgan fingerprint density at radius 3 is 2.50 bits per heavy atom. The summed E-state index contributed by atoms with van der Waals surface area (Å²) in [6.45, 7) is 1.28. The maximum absolute atomic E-state index is 12.1. The Morgan fingerprint density at radius 2 is 2.08 bits per heavy atom. The molecule has 0 saturated carbocycles. The van der Waals surface area contributed by atoms with Gasteiger partial charge in [0.05, 0.1) is 0 Å². The number of hydrogen-bond donors (Lipinski definition) is 1. The summed E-state index contributed by atoms with van der Waals surface area (Å²) in [6, 6.07) is -0.390. The smallest absolute Gasteiger partial charge is 0.315 e. The lowest BCUT2D eigenvalue weighted by Gasteiger charge is -2.32. The molecule has 1 aliphatic rings. The van der Waals surface area contributed by atoms with E-state index in [2.05, 4.69) is 5.32 Å². The van der Waals surface area contributed by atoms with E-state index in [-0.39, 0.29) is 0 Å². The van der Waals surface area contributed by atoms with Crippen LogP contribution in [0.15, 0.2) is 0 Å². The SMILES string of the molecule is CN([C@H]1CCCNC1)C(F)(F)F. The molecule has 0 aromatic carbocycles. The molecule has 5 heteroatoms. The normalized spacial score (nSPS) is 26.2. The van der Waals surface area contributed by atoms with Gasteiger partial charge < -0.3 is 5.32 Å². The summed E-state index contributed by atoms with van der Waals surface area (Å²) in [5.41, 5.74) is 0. The molecule has 0 radical (unpaired) electrons. The molecule has 0 bridgehead atoms. The fourth-order valence-corrected chi connectivity index (χ4v) is 1.37. The highest BCUT2D eigenvalue weighted by atomic mass is 19.4. The third-order valence-corrected chi connectivity index (χ3v) is 2.22. The highest BCUT2D eigenvalue weighted by Crippen LogP contribution is 2.24. The van der Waals surface area contributed by atoms with E-state index in [0.717, 1.165) is 20.0 Å². The minimum Gasteiger partial charge on any atom is -0.315 e. The van der Waals surface area contributed by atoms with Crippen molar-refractivity contribution >= 4 is 0 Å². The molecule has 12 heavy (non-hydrogen) atoms. The minimum atomic E-state index is -4.19. The van der Waals surface area contributed by atoms with Crippen LogP contribution in [0.1, 0.15) is 12.8 Å². The van der Waals surface area contributed by atoms with Crippen molar-refractivity contribution < 1.29 is 13.2 Å². The van der Waals surface area contributed by atoms with Crippen LogP contribution in [0.5, 0.6) is 0 Å². The van der Waals surface area contributed by atoms with Crippen molar-refractivity contribution in [1.29, 1.82) is 0 Å². The number of hydrogen-bond acceptors (Lipinski definition) is 2. The van der Waals surface area contributed by atoms with Crippen molar-refractivity contribution in [3.05, 3.63) is 0 Å². The first-order chi connectivity index (χ1) is 5.52. The Morgan fingerprint density at radius 1 is 1.42 bits per heavy atom. The van der Waals surface area contributed by atoms with E-state index < -0.39 is 12.3 Å². The van der Waals surface area contributed by atoms with E-state index in [1.54, 1.807) is 0 Å². The Hall–Kier alpha value is -0.290. The van der Waals surface area contributed by atoms with Gasteiger partial charge in [-0.25, -0.2) is 4.90 Å². The summed E-state index contributed by atoms with van der Waals surface area (Å²) < 4.78 is 36.4. The van der Waals surface area contributed by atoms with Crippen LogP contribution in [-0.4, -0.2) is 37.4 Å². The van der Waals surface area contributed by atoms with E-state index in [1.807, 2.05) is 0 Å². The molecular weight excluding hydrogens is 169 g/mol. The van der Waals surface area contributed by atoms with E-state index in [0.29, 0.717) is 17.9 Å². The van der Waals surface area contributed by atoms with Crippen LogP contribution in [0.4, 0.5) is 13.2 Å². The van der Waals surface area contributed by atoms with E-state index in [9.17, 15) is 13.2 Å².